The van der Waals surface area contributed by atoms with Crippen LogP contribution in [0.15, 0.2) is 34.8 Å². The highest BCUT2D eigenvalue weighted by Gasteiger charge is 2.04. The topological polar surface area (TPSA) is 52.2 Å². The number of fused-ring (bicyclic) bond motifs is 1. The second-order valence-corrected chi connectivity index (χ2v) is 5.99. The third-order valence-electron chi connectivity index (χ3n) is 3.31. The van der Waals surface area contributed by atoms with Crippen molar-refractivity contribution in [2.24, 2.45) is 0 Å². The molecular formula is C14H15ClN4OS. The van der Waals surface area contributed by atoms with E-state index in [1.165, 1.54) is 0 Å². The highest BCUT2D eigenvalue weighted by molar-refractivity contribution is 7.09. The van der Waals surface area contributed by atoms with Crippen LogP contribution in [0.3, 0.4) is 0 Å². The Morgan fingerprint density at radius 3 is 3.00 bits per heavy atom. The van der Waals surface area contributed by atoms with Crippen LogP contribution in [0.5, 0.6) is 0 Å². The number of hydrogen-bond acceptors (Lipinski definition) is 4. The standard InChI is InChI=1S/C14H15ClN4OS/c15-9-11-10-21-13(17-11)3-1-2-6-18-7-8-19-12(14(18)20)4-5-16-19/h4-5,7-8,10H,1-3,6,9H2. The number of thiazole rings is 1. The van der Waals surface area contributed by atoms with E-state index >= 15 is 0 Å². The minimum atomic E-state index is 0.00803. The summed E-state index contributed by atoms with van der Waals surface area (Å²) in [7, 11) is 0. The molecule has 3 heterocycles. The molecule has 0 N–H and O–H groups in total. The van der Waals surface area contributed by atoms with Gasteiger partial charge in [0.1, 0.15) is 5.52 Å². The number of aromatic nitrogens is 4. The van der Waals surface area contributed by atoms with Gasteiger partial charge in [-0.2, -0.15) is 5.10 Å². The summed E-state index contributed by atoms with van der Waals surface area (Å²) in [5, 5.41) is 7.17. The molecule has 0 fully saturated rings. The van der Waals surface area contributed by atoms with Crippen LogP contribution in [-0.4, -0.2) is 19.2 Å². The van der Waals surface area contributed by atoms with Gasteiger partial charge >= 0.3 is 0 Å². The third-order valence-corrected chi connectivity index (χ3v) is 4.55. The second-order valence-electron chi connectivity index (χ2n) is 4.78. The van der Waals surface area contributed by atoms with Crippen molar-refractivity contribution in [2.75, 3.05) is 0 Å². The van der Waals surface area contributed by atoms with Crippen molar-refractivity contribution < 1.29 is 0 Å². The summed E-state index contributed by atoms with van der Waals surface area (Å²) < 4.78 is 3.34. The lowest BCUT2D eigenvalue weighted by atomic mass is 10.2. The van der Waals surface area contributed by atoms with Crippen LogP contribution in [0, 0.1) is 0 Å². The van der Waals surface area contributed by atoms with Gasteiger partial charge in [0, 0.05) is 24.3 Å². The van der Waals surface area contributed by atoms with Crippen LogP contribution in [-0.2, 0) is 18.8 Å². The Kier molecular flexibility index (Phi) is 4.36. The molecule has 3 rings (SSSR count). The van der Waals surface area contributed by atoms with Gasteiger partial charge in [-0.1, -0.05) is 0 Å². The molecule has 0 aliphatic rings. The third kappa shape index (κ3) is 3.16. The van der Waals surface area contributed by atoms with Crippen LogP contribution in [0.4, 0.5) is 0 Å². The van der Waals surface area contributed by atoms with E-state index in [9.17, 15) is 4.79 Å². The van der Waals surface area contributed by atoms with Crippen molar-refractivity contribution in [1.29, 1.82) is 0 Å². The van der Waals surface area contributed by atoms with E-state index in [1.54, 1.807) is 38.9 Å². The number of halogens is 1. The molecule has 0 aliphatic carbocycles. The van der Waals surface area contributed by atoms with Gasteiger partial charge in [-0.15, -0.1) is 22.9 Å². The van der Waals surface area contributed by atoms with Crippen molar-refractivity contribution >= 4 is 28.5 Å². The lowest BCUT2D eigenvalue weighted by Crippen LogP contribution is -2.21. The monoisotopic (exact) mass is 322 g/mol. The molecule has 0 amide bonds. The number of nitrogens with zero attached hydrogens (tertiary/aromatic N) is 4. The fourth-order valence-electron chi connectivity index (χ4n) is 2.22. The number of rotatable bonds is 6. The summed E-state index contributed by atoms with van der Waals surface area (Å²) in [5.41, 5.74) is 1.57. The fraction of sp³-hybridized carbons (Fsp3) is 0.357. The van der Waals surface area contributed by atoms with Crippen LogP contribution >= 0.6 is 22.9 Å². The Balaban J connectivity index is 1.56. The van der Waals surface area contributed by atoms with E-state index in [0.29, 0.717) is 17.9 Å². The molecule has 21 heavy (non-hydrogen) atoms. The van der Waals surface area contributed by atoms with E-state index in [0.717, 1.165) is 30.0 Å². The fourth-order valence-corrected chi connectivity index (χ4v) is 3.29. The highest BCUT2D eigenvalue weighted by Crippen LogP contribution is 2.14. The van der Waals surface area contributed by atoms with Gasteiger partial charge in [0.25, 0.3) is 5.56 Å². The molecule has 5 nitrogen and oxygen atoms in total. The first-order chi connectivity index (χ1) is 10.3. The van der Waals surface area contributed by atoms with Gasteiger partial charge in [0.05, 0.1) is 22.8 Å². The van der Waals surface area contributed by atoms with Gasteiger partial charge in [0.2, 0.25) is 0 Å². The van der Waals surface area contributed by atoms with Crippen LogP contribution in [0.2, 0.25) is 0 Å². The Bertz CT molecular complexity index is 791. The molecule has 0 unspecified atom stereocenters. The molecule has 0 spiro atoms. The largest absolute Gasteiger partial charge is 0.312 e. The second kappa shape index (κ2) is 6.41. The van der Waals surface area contributed by atoms with E-state index in [2.05, 4.69) is 10.1 Å². The maximum Gasteiger partial charge on any atom is 0.276 e. The van der Waals surface area contributed by atoms with Gasteiger partial charge in [-0.05, 0) is 25.3 Å². The quantitative estimate of drug-likeness (QED) is 0.518. The van der Waals surface area contributed by atoms with Crippen molar-refractivity contribution in [3.05, 3.63) is 51.1 Å². The predicted molar refractivity (Wildman–Crippen MR) is 84.1 cm³/mol. The summed E-state index contributed by atoms with van der Waals surface area (Å²) in [6, 6.07) is 1.74. The molecule has 110 valence electrons. The zero-order chi connectivity index (χ0) is 14.7. The van der Waals surface area contributed by atoms with Crippen molar-refractivity contribution in [1.82, 2.24) is 19.2 Å². The van der Waals surface area contributed by atoms with Crippen molar-refractivity contribution in [3.8, 4) is 0 Å². The first kappa shape index (κ1) is 14.3. The zero-order valence-corrected chi connectivity index (χ0v) is 13.0. The molecule has 3 aromatic heterocycles. The summed E-state index contributed by atoms with van der Waals surface area (Å²) in [4.78, 5) is 16.6. The Morgan fingerprint density at radius 1 is 1.29 bits per heavy atom. The van der Waals surface area contributed by atoms with E-state index < -0.39 is 0 Å². The number of unbranched alkanes of at least 4 members (excludes halogenated alkanes) is 1. The highest BCUT2D eigenvalue weighted by atomic mass is 35.5. The average Bonchev–Trinajstić information content (AvgIpc) is 3.14. The Morgan fingerprint density at radius 2 is 2.19 bits per heavy atom. The normalized spacial score (nSPS) is 11.3. The summed E-state index contributed by atoms with van der Waals surface area (Å²) in [5.74, 6) is 0.470. The predicted octanol–water partition coefficient (Wildman–Crippen LogP) is 2.71. The summed E-state index contributed by atoms with van der Waals surface area (Å²) in [6.45, 7) is 0.717. The van der Waals surface area contributed by atoms with E-state index in [-0.39, 0.29) is 5.56 Å². The molecule has 0 saturated carbocycles. The summed E-state index contributed by atoms with van der Waals surface area (Å²) in [6.07, 6.45) is 8.12. The number of alkyl halides is 1. The minimum Gasteiger partial charge on any atom is -0.312 e. The molecule has 3 aromatic rings. The maximum absolute atomic E-state index is 12.2. The summed E-state index contributed by atoms with van der Waals surface area (Å²) >= 11 is 7.39. The molecule has 0 aliphatic heterocycles. The molecule has 0 bridgehead atoms. The average molecular weight is 323 g/mol. The maximum atomic E-state index is 12.2. The zero-order valence-electron chi connectivity index (χ0n) is 11.4. The lowest BCUT2D eigenvalue weighted by molar-refractivity contribution is 0.590. The Labute approximate surface area is 130 Å². The minimum absolute atomic E-state index is 0.00803. The van der Waals surface area contributed by atoms with E-state index in [4.69, 9.17) is 11.6 Å². The van der Waals surface area contributed by atoms with Gasteiger partial charge in [0.15, 0.2) is 0 Å². The SMILES string of the molecule is O=c1c2ccnn2ccn1CCCCc1nc(CCl)cs1. The molecule has 0 radical (unpaired) electrons. The smallest absolute Gasteiger partial charge is 0.276 e. The lowest BCUT2D eigenvalue weighted by Gasteiger charge is -2.05. The van der Waals surface area contributed by atoms with Gasteiger partial charge in [-0.3, -0.25) is 4.79 Å². The van der Waals surface area contributed by atoms with Gasteiger partial charge < -0.3 is 4.57 Å². The number of aryl methyl sites for hydroxylation is 2. The Hall–Kier alpha value is -1.66. The molecular weight excluding hydrogens is 308 g/mol. The molecule has 0 aromatic carbocycles. The van der Waals surface area contributed by atoms with Crippen molar-refractivity contribution in [3.63, 3.8) is 0 Å². The van der Waals surface area contributed by atoms with Crippen LogP contribution in [0.25, 0.3) is 5.52 Å². The van der Waals surface area contributed by atoms with Gasteiger partial charge in [-0.25, -0.2) is 9.50 Å². The first-order valence-corrected chi connectivity index (χ1v) is 8.21. The molecule has 7 heteroatoms. The number of hydrogen-bond donors (Lipinski definition) is 0. The van der Waals surface area contributed by atoms with E-state index in [1.807, 2.05) is 11.6 Å². The van der Waals surface area contributed by atoms with Crippen molar-refractivity contribution in [2.45, 2.75) is 31.7 Å². The van der Waals surface area contributed by atoms with Crippen LogP contribution < -0.4 is 5.56 Å². The molecule has 0 atom stereocenters. The van der Waals surface area contributed by atoms with Crippen LogP contribution in [0.1, 0.15) is 23.5 Å². The first-order valence-electron chi connectivity index (χ1n) is 6.80. The molecule has 0 saturated heterocycles.